The van der Waals surface area contributed by atoms with Crippen LogP contribution >= 0.6 is 23.2 Å². The van der Waals surface area contributed by atoms with Gasteiger partial charge in [-0.1, -0.05) is 23.2 Å². The van der Waals surface area contributed by atoms with E-state index in [1.165, 1.54) is 0 Å². The minimum absolute atomic E-state index is 0.00502. The third-order valence-electron chi connectivity index (χ3n) is 1.77. The number of rotatable bonds is 4. The largest absolute Gasteiger partial charge is 0.384 e. The maximum atomic E-state index is 11.5. The molecule has 0 unspecified atom stereocenters. The third-order valence-corrected chi connectivity index (χ3v) is 2.51. The molecule has 0 fully saturated rings. The Morgan fingerprint density at radius 1 is 1.36 bits per heavy atom. The Kier molecular flexibility index (Phi) is 4.39. The summed E-state index contributed by atoms with van der Waals surface area (Å²) in [6.45, 7) is 0.416. The molecule has 0 spiro atoms. The van der Waals surface area contributed by atoms with Crippen molar-refractivity contribution in [3.8, 4) is 0 Å². The standard InChI is InChI=1S/C10H10Cl2O2/c1-14-5-4-10(13)7-2-3-8(11)9(12)6-7/h2-3,6H,4-5H2,1H3. The molecule has 76 valence electrons. The normalized spacial score (nSPS) is 10.2. The molecule has 0 aliphatic heterocycles. The smallest absolute Gasteiger partial charge is 0.165 e. The van der Waals surface area contributed by atoms with Crippen LogP contribution < -0.4 is 0 Å². The molecular formula is C10H10Cl2O2. The van der Waals surface area contributed by atoms with Gasteiger partial charge in [0.25, 0.3) is 0 Å². The van der Waals surface area contributed by atoms with Crippen molar-refractivity contribution in [3.63, 3.8) is 0 Å². The summed E-state index contributed by atoms with van der Waals surface area (Å²) in [7, 11) is 1.56. The van der Waals surface area contributed by atoms with E-state index < -0.39 is 0 Å². The fraction of sp³-hybridized carbons (Fsp3) is 0.300. The second kappa shape index (κ2) is 5.35. The van der Waals surface area contributed by atoms with Gasteiger partial charge in [-0.05, 0) is 18.2 Å². The first kappa shape index (κ1) is 11.5. The van der Waals surface area contributed by atoms with Crippen LogP contribution in [0.25, 0.3) is 0 Å². The average molecular weight is 233 g/mol. The Labute approximate surface area is 92.8 Å². The van der Waals surface area contributed by atoms with Crippen LogP contribution in [0, 0.1) is 0 Å². The fourth-order valence-electron chi connectivity index (χ4n) is 1.01. The molecule has 0 saturated carbocycles. The van der Waals surface area contributed by atoms with Crippen LogP contribution in [0.5, 0.6) is 0 Å². The van der Waals surface area contributed by atoms with Crippen molar-refractivity contribution in [2.24, 2.45) is 0 Å². The zero-order chi connectivity index (χ0) is 10.6. The zero-order valence-electron chi connectivity index (χ0n) is 7.72. The first-order valence-electron chi connectivity index (χ1n) is 4.12. The molecule has 1 aromatic rings. The second-order valence-electron chi connectivity index (χ2n) is 2.79. The summed E-state index contributed by atoms with van der Waals surface area (Å²) in [4.78, 5) is 11.5. The molecule has 0 amide bonds. The van der Waals surface area contributed by atoms with Gasteiger partial charge < -0.3 is 4.74 Å². The predicted octanol–water partition coefficient (Wildman–Crippen LogP) is 3.21. The minimum atomic E-state index is 0.00502. The molecule has 0 atom stereocenters. The van der Waals surface area contributed by atoms with Gasteiger partial charge in [0.05, 0.1) is 16.7 Å². The molecule has 1 rings (SSSR count). The Hall–Kier alpha value is -0.570. The van der Waals surface area contributed by atoms with E-state index >= 15 is 0 Å². The van der Waals surface area contributed by atoms with E-state index in [-0.39, 0.29) is 5.78 Å². The third kappa shape index (κ3) is 2.98. The van der Waals surface area contributed by atoms with Gasteiger partial charge in [-0.25, -0.2) is 0 Å². The van der Waals surface area contributed by atoms with Crippen molar-refractivity contribution in [2.75, 3.05) is 13.7 Å². The molecule has 0 radical (unpaired) electrons. The summed E-state index contributed by atoms with van der Waals surface area (Å²) < 4.78 is 4.81. The summed E-state index contributed by atoms with van der Waals surface area (Å²) in [6.07, 6.45) is 0.356. The lowest BCUT2D eigenvalue weighted by molar-refractivity contribution is 0.0932. The van der Waals surface area contributed by atoms with Crippen molar-refractivity contribution >= 4 is 29.0 Å². The average Bonchev–Trinajstić information content (AvgIpc) is 2.18. The van der Waals surface area contributed by atoms with Crippen LogP contribution in [0.2, 0.25) is 10.0 Å². The molecular weight excluding hydrogens is 223 g/mol. The summed E-state index contributed by atoms with van der Waals surface area (Å²) in [6, 6.07) is 4.85. The summed E-state index contributed by atoms with van der Waals surface area (Å²) in [5.74, 6) is 0.00502. The van der Waals surface area contributed by atoms with Crippen molar-refractivity contribution < 1.29 is 9.53 Å². The molecule has 2 nitrogen and oxygen atoms in total. The number of methoxy groups -OCH3 is 1. The van der Waals surface area contributed by atoms with Crippen LogP contribution in [0.3, 0.4) is 0 Å². The molecule has 0 aromatic heterocycles. The lowest BCUT2D eigenvalue weighted by Gasteiger charge is -2.01. The minimum Gasteiger partial charge on any atom is -0.384 e. The highest BCUT2D eigenvalue weighted by molar-refractivity contribution is 6.42. The summed E-state index contributed by atoms with van der Waals surface area (Å²) in [5.41, 5.74) is 0.566. The van der Waals surface area contributed by atoms with Crippen LogP contribution in [0.15, 0.2) is 18.2 Å². The highest BCUT2D eigenvalue weighted by Crippen LogP contribution is 2.23. The van der Waals surface area contributed by atoms with E-state index in [4.69, 9.17) is 27.9 Å². The number of carbonyl (C=O) groups excluding carboxylic acids is 1. The zero-order valence-corrected chi connectivity index (χ0v) is 9.23. The SMILES string of the molecule is COCCC(=O)c1ccc(Cl)c(Cl)c1. The molecule has 0 aliphatic rings. The lowest BCUT2D eigenvalue weighted by Crippen LogP contribution is -2.03. The van der Waals surface area contributed by atoms with Crippen LogP contribution in [0.1, 0.15) is 16.8 Å². The Morgan fingerprint density at radius 3 is 2.64 bits per heavy atom. The highest BCUT2D eigenvalue weighted by Gasteiger charge is 2.07. The van der Waals surface area contributed by atoms with Gasteiger partial charge in [0.15, 0.2) is 5.78 Å². The Balaban J connectivity index is 2.76. The lowest BCUT2D eigenvalue weighted by atomic mass is 10.1. The molecule has 0 bridgehead atoms. The molecule has 4 heteroatoms. The molecule has 1 aromatic carbocycles. The maximum absolute atomic E-state index is 11.5. The van der Waals surface area contributed by atoms with Crippen LogP contribution in [-0.2, 0) is 4.74 Å². The van der Waals surface area contributed by atoms with Gasteiger partial charge >= 0.3 is 0 Å². The number of benzene rings is 1. The predicted molar refractivity (Wildman–Crippen MR) is 57.3 cm³/mol. The van der Waals surface area contributed by atoms with Gasteiger partial charge in [-0.3, -0.25) is 4.79 Å². The Bertz CT molecular complexity index is 337. The van der Waals surface area contributed by atoms with E-state index in [9.17, 15) is 4.79 Å². The summed E-state index contributed by atoms with van der Waals surface area (Å²) >= 11 is 11.5. The van der Waals surface area contributed by atoms with E-state index in [2.05, 4.69) is 0 Å². The topological polar surface area (TPSA) is 26.3 Å². The van der Waals surface area contributed by atoms with E-state index in [0.717, 1.165) is 0 Å². The molecule has 0 heterocycles. The number of carbonyl (C=O) groups is 1. The molecule has 14 heavy (non-hydrogen) atoms. The first-order valence-corrected chi connectivity index (χ1v) is 4.88. The number of hydrogen-bond donors (Lipinski definition) is 0. The quantitative estimate of drug-likeness (QED) is 0.746. The number of Topliss-reactive ketones (excluding diaryl/α,β-unsaturated/α-hetero) is 1. The van der Waals surface area contributed by atoms with Crippen molar-refractivity contribution in [1.29, 1.82) is 0 Å². The number of hydrogen-bond acceptors (Lipinski definition) is 2. The first-order chi connectivity index (χ1) is 6.65. The van der Waals surface area contributed by atoms with E-state index in [1.807, 2.05) is 0 Å². The van der Waals surface area contributed by atoms with Crippen molar-refractivity contribution in [1.82, 2.24) is 0 Å². The van der Waals surface area contributed by atoms with Gasteiger partial charge in [0.1, 0.15) is 0 Å². The monoisotopic (exact) mass is 232 g/mol. The second-order valence-corrected chi connectivity index (χ2v) is 3.61. The highest BCUT2D eigenvalue weighted by atomic mass is 35.5. The van der Waals surface area contributed by atoms with Crippen LogP contribution in [0.4, 0.5) is 0 Å². The van der Waals surface area contributed by atoms with Crippen LogP contribution in [-0.4, -0.2) is 19.5 Å². The molecule has 0 saturated heterocycles. The van der Waals surface area contributed by atoms with E-state index in [1.54, 1.807) is 25.3 Å². The van der Waals surface area contributed by atoms with Gasteiger partial charge in [-0.2, -0.15) is 0 Å². The Morgan fingerprint density at radius 2 is 2.07 bits per heavy atom. The maximum Gasteiger partial charge on any atom is 0.165 e. The van der Waals surface area contributed by atoms with Gasteiger partial charge in [-0.15, -0.1) is 0 Å². The molecule has 0 N–H and O–H groups in total. The number of ether oxygens (including phenoxy) is 1. The number of ketones is 1. The van der Waals surface area contributed by atoms with Crippen molar-refractivity contribution in [3.05, 3.63) is 33.8 Å². The summed E-state index contributed by atoms with van der Waals surface area (Å²) in [5, 5.41) is 0.852. The van der Waals surface area contributed by atoms with E-state index in [0.29, 0.717) is 28.6 Å². The van der Waals surface area contributed by atoms with Gasteiger partial charge in [0.2, 0.25) is 0 Å². The number of halogens is 2. The van der Waals surface area contributed by atoms with Crippen molar-refractivity contribution in [2.45, 2.75) is 6.42 Å². The molecule has 0 aliphatic carbocycles. The fourth-order valence-corrected chi connectivity index (χ4v) is 1.31. The van der Waals surface area contributed by atoms with Gasteiger partial charge in [0, 0.05) is 19.1 Å².